The number of nitrogens with zero attached hydrogens (tertiary/aromatic N) is 2. The average Bonchev–Trinajstić information content (AvgIpc) is 2.53. The monoisotopic (exact) mass is 317 g/mol. The maximum atomic E-state index is 11.9. The van der Waals surface area contributed by atoms with E-state index in [0.717, 1.165) is 0 Å². The minimum absolute atomic E-state index is 0.0543. The summed E-state index contributed by atoms with van der Waals surface area (Å²) < 4.78 is 10.2. The molecule has 0 aliphatic heterocycles. The van der Waals surface area contributed by atoms with Crippen LogP contribution in [-0.2, 0) is 4.79 Å². The van der Waals surface area contributed by atoms with E-state index in [1.807, 2.05) is 0 Å². The lowest BCUT2D eigenvalue weighted by atomic mass is 10.3. The number of aromatic nitrogens is 1. The molecule has 0 saturated carbocycles. The number of benzene rings is 1. The Kier molecular flexibility index (Phi) is 5.08. The molecule has 0 saturated heterocycles. The maximum Gasteiger partial charge on any atom is 0.406 e. The largest absolute Gasteiger partial charge is 0.497 e. The van der Waals surface area contributed by atoms with E-state index in [2.05, 4.69) is 10.3 Å². The molecule has 0 radical (unpaired) electrons. The molecule has 8 heteroatoms. The van der Waals surface area contributed by atoms with Crippen molar-refractivity contribution in [2.45, 2.75) is 6.92 Å². The highest BCUT2D eigenvalue weighted by molar-refractivity contribution is 5.92. The number of hydrogen-bond donors (Lipinski definition) is 1. The second-order valence-corrected chi connectivity index (χ2v) is 4.60. The van der Waals surface area contributed by atoms with Crippen molar-refractivity contribution in [3.8, 4) is 11.5 Å². The molecule has 0 bridgehead atoms. The SMILES string of the molecule is COc1cccc(NC(=O)COc2ccc(C)nc2[N+](=O)[O-])c1. The van der Waals surface area contributed by atoms with Gasteiger partial charge in [-0.05, 0) is 34.2 Å². The molecular formula is C15H15N3O5. The summed E-state index contributed by atoms with van der Waals surface area (Å²) in [7, 11) is 1.52. The Morgan fingerprint density at radius 2 is 2.13 bits per heavy atom. The number of pyridine rings is 1. The van der Waals surface area contributed by atoms with Gasteiger partial charge in [0.25, 0.3) is 5.91 Å². The summed E-state index contributed by atoms with van der Waals surface area (Å²) in [6.45, 7) is 1.26. The van der Waals surface area contributed by atoms with Gasteiger partial charge in [0.2, 0.25) is 5.75 Å². The topological polar surface area (TPSA) is 104 Å². The van der Waals surface area contributed by atoms with Gasteiger partial charge in [0.15, 0.2) is 6.61 Å². The quantitative estimate of drug-likeness (QED) is 0.647. The highest BCUT2D eigenvalue weighted by Crippen LogP contribution is 2.24. The van der Waals surface area contributed by atoms with Crippen molar-refractivity contribution in [2.75, 3.05) is 19.0 Å². The number of hydrogen-bond acceptors (Lipinski definition) is 6. The van der Waals surface area contributed by atoms with Crippen LogP contribution in [0.1, 0.15) is 5.69 Å². The molecule has 1 aromatic heterocycles. The molecule has 1 N–H and O–H groups in total. The molecule has 1 amide bonds. The predicted molar refractivity (Wildman–Crippen MR) is 82.7 cm³/mol. The van der Waals surface area contributed by atoms with Gasteiger partial charge in [-0.25, -0.2) is 0 Å². The molecule has 1 aromatic carbocycles. The Morgan fingerprint density at radius 1 is 1.35 bits per heavy atom. The molecule has 8 nitrogen and oxygen atoms in total. The molecule has 0 aliphatic rings. The summed E-state index contributed by atoms with van der Waals surface area (Å²) in [5, 5.41) is 13.5. The first-order valence-corrected chi connectivity index (χ1v) is 6.68. The zero-order chi connectivity index (χ0) is 16.8. The van der Waals surface area contributed by atoms with Crippen LogP contribution >= 0.6 is 0 Å². The molecule has 2 aromatic rings. The van der Waals surface area contributed by atoms with Crippen molar-refractivity contribution in [1.82, 2.24) is 4.98 Å². The number of nitrogens with one attached hydrogen (secondary N) is 1. The predicted octanol–water partition coefficient (Wildman–Crippen LogP) is 2.32. The highest BCUT2D eigenvalue weighted by Gasteiger charge is 2.18. The first-order chi connectivity index (χ1) is 11.0. The summed E-state index contributed by atoms with van der Waals surface area (Å²) in [4.78, 5) is 25.9. The van der Waals surface area contributed by atoms with Gasteiger partial charge in [-0.15, -0.1) is 0 Å². The van der Waals surface area contributed by atoms with Gasteiger partial charge in [0.05, 0.1) is 7.11 Å². The summed E-state index contributed by atoms with van der Waals surface area (Å²) in [6, 6.07) is 9.79. The number of anilines is 1. The summed E-state index contributed by atoms with van der Waals surface area (Å²) in [5.74, 6) is -0.323. The molecular weight excluding hydrogens is 302 g/mol. The van der Waals surface area contributed by atoms with Gasteiger partial charge in [0.1, 0.15) is 11.4 Å². The summed E-state index contributed by atoms with van der Waals surface area (Å²) in [5.41, 5.74) is 1.03. The Morgan fingerprint density at radius 3 is 2.83 bits per heavy atom. The minimum atomic E-state index is -0.650. The molecule has 0 unspecified atom stereocenters. The zero-order valence-corrected chi connectivity index (χ0v) is 12.6. The van der Waals surface area contributed by atoms with Gasteiger partial charge >= 0.3 is 5.82 Å². The molecule has 0 atom stereocenters. The number of methoxy groups -OCH3 is 1. The van der Waals surface area contributed by atoms with Gasteiger partial charge in [-0.1, -0.05) is 6.07 Å². The molecule has 23 heavy (non-hydrogen) atoms. The fraction of sp³-hybridized carbons (Fsp3) is 0.200. The maximum absolute atomic E-state index is 11.9. The number of carbonyl (C=O) groups excluding carboxylic acids is 1. The van der Waals surface area contributed by atoms with Crippen LogP contribution in [0.3, 0.4) is 0 Å². The van der Waals surface area contributed by atoms with Crippen LogP contribution in [0.25, 0.3) is 0 Å². The van der Waals surface area contributed by atoms with E-state index >= 15 is 0 Å². The van der Waals surface area contributed by atoms with Crippen LogP contribution in [-0.4, -0.2) is 29.5 Å². The van der Waals surface area contributed by atoms with Crippen LogP contribution < -0.4 is 14.8 Å². The molecule has 2 rings (SSSR count). The molecule has 0 fully saturated rings. The number of nitro groups is 1. The fourth-order valence-electron chi connectivity index (χ4n) is 1.81. The molecule has 0 spiro atoms. The Balaban J connectivity index is 2.00. The lowest BCUT2D eigenvalue weighted by Crippen LogP contribution is -2.20. The molecule has 120 valence electrons. The second kappa shape index (κ2) is 7.21. The van der Waals surface area contributed by atoms with E-state index < -0.39 is 16.6 Å². The van der Waals surface area contributed by atoms with Crippen molar-refractivity contribution < 1.29 is 19.2 Å². The molecule has 0 aliphatic carbocycles. The van der Waals surface area contributed by atoms with Crippen LogP contribution in [0.2, 0.25) is 0 Å². The first-order valence-electron chi connectivity index (χ1n) is 6.68. The average molecular weight is 317 g/mol. The van der Waals surface area contributed by atoms with Crippen molar-refractivity contribution >= 4 is 17.4 Å². The standard InChI is InChI=1S/C15H15N3O5/c1-10-6-7-13(15(16-10)18(20)21)23-9-14(19)17-11-4-3-5-12(8-11)22-2/h3-8H,9H2,1-2H3,(H,17,19). The van der Waals surface area contributed by atoms with Gasteiger partial charge in [-0.2, -0.15) is 0 Å². The highest BCUT2D eigenvalue weighted by atomic mass is 16.6. The van der Waals surface area contributed by atoms with Crippen molar-refractivity contribution in [3.63, 3.8) is 0 Å². The van der Waals surface area contributed by atoms with Gasteiger partial charge < -0.3 is 24.9 Å². The normalized spacial score (nSPS) is 10.0. The van der Waals surface area contributed by atoms with Crippen molar-refractivity contribution in [3.05, 3.63) is 52.2 Å². The fourth-order valence-corrected chi connectivity index (χ4v) is 1.81. The smallest absolute Gasteiger partial charge is 0.406 e. The number of carbonyl (C=O) groups is 1. The van der Waals surface area contributed by atoms with Crippen LogP contribution in [0.15, 0.2) is 36.4 Å². The Labute approximate surface area is 132 Å². The van der Waals surface area contributed by atoms with Gasteiger partial charge in [-0.3, -0.25) is 4.79 Å². The van der Waals surface area contributed by atoms with E-state index in [9.17, 15) is 14.9 Å². The van der Waals surface area contributed by atoms with Crippen molar-refractivity contribution in [2.24, 2.45) is 0 Å². The Hall–Kier alpha value is -3.16. The number of aryl methyl sites for hydroxylation is 1. The third-order valence-electron chi connectivity index (χ3n) is 2.86. The van der Waals surface area contributed by atoms with Crippen LogP contribution in [0.4, 0.5) is 11.5 Å². The number of ether oxygens (including phenoxy) is 2. The van der Waals surface area contributed by atoms with Gasteiger partial charge in [0, 0.05) is 18.7 Å². The van der Waals surface area contributed by atoms with Crippen LogP contribution in [0.5, 0.6) is 11.5 Å². The number of rotatable bonds is 6. The van der Waals surface area contributed by atoms with Crippen molar-refractivity contribution in [1.29, 1.82) is 0 Å². The first kappa shape index (κ1) is 16.2. The van der Waals surface area contributed by atoms with E-state index in [1.54, 1.807) is 37.3 Å². The third kappa shape index (κ3) is 4.40. The van der Waals surface area contributed by atoms with Crippen LogP contribution in [0, 0.1) is 17.0 Å². The van der Waals surface area contributed by atoms with E-state index in [4.69, 9.17) is 9.47 Å². The van der Waals surface area contributed by atoms with E-state index in [0.29, 0.717) is 17.1 Å². The molecule has 1 heterocycles. The summed E-state index contributed by atoms with van der Waals surface area (Å²) in [6.07, 6.45) is 0. The third-order valence-corrected chi connectivity index (χ3v) is 2.86. The Bertz CT molecular complexity index is 733. The lowest BCUT2D eigenvalue weighted by Gasteiger charge is -2.08. The second-order valence-electron chi connectivity index (χ2n) is 4.60. The summed E-state index contributed by atoms with van der Waals surface area (Å²) >= 11 is 0. The van der Waals surface area contributed by atoms with E-state index in [-0.39, 0.29) is 12.4 Å². The zero-order valence-electron chi connectivity index (χ0n) is 12.6. The number of amides is 1. The lowest BCUT2D eigenvalue weighted by molar-refractivity contribution is -0.390. The van der Waals surface area contributed by atoms with E-state index in [1.165, 1.54) is 13.2 Å². The minimum Gasteiger partial charge on any atom is -0.497 e.